The van der Waals surface area contributed by atoms with Crippen molar-refractivity contribution in [3.8, 4) is 0 Å². The molecule has 7 nitrogen and oxygen atoms in total. The molecule has 9 heteroatoms. The van der Waals surface area contributed by atoms with Gasteiger partial charge >= 0.3 is 0 Å². The Morgan fingerprint density at radius 3 is 2.65 bits per heavy atom. The zero-order valence-corrected chi connectivity index (χ0v) is 18.3. The molecule has 5 rings (SSSR count). The van der Waals surface area contributed by atoms with Gasteiger partial charge < -0.3 is 15.4 Å². The van der Waals surface area contributed by atoms with Crippen molar-refractivity contribution in [2.75, 3.05) is 5.32 Å². The van der Waals surface area contributed by atoms with Crippen LogP contribution in [0.2, 0.25) is 5.02 Å². The number of amides is 2. The van der Waals surface area contributed by atoms with Gasteiger partial charge in [-0.1, -0.05) is 11.6 Å². The molecule has 3 heterocycles. The van der Waals surface area contributed by atoms with E-state index < -0.39 is 11.7 Å². The average molecular weight is 460 g/mol. The number of hydrogen-bond acceptors (Lipinski definition) is 6. The molecule has 0 radical (unpaired) electrons. The number of benzene rings is 1. The van der Waals surface area contributed by atoms with Crippen molar-refractivity contribution in [3.63, 3.8) is 0 Å². The van der Waals surface area contributed by atoms with Crippen molar-refractivity contribution in [3.05, 3.63) is 45.4 Å². The summed E-state index contributed by atoms with van der Waals surface area (Å²) in [6.07, 6.45) is 5.04. The molecule has 1 aromatic heterocycles. The third-order valence-corrected chi connectivity index (χ3v) is 7.55. The van der Waals surface area contributed by atoms with E-state index in [-0.39, 0.29) is 30.1 Å². The Hall–Kier alpha value is -2.29. The van der Waals surface area contributed by atoms with Crippen molar-refractivity contribution < 1.29 is 19.1 Å². The van der Waals surface area contributed by atoms with Crippen LogP contribution in [0.3, 0.4) is 0 Å². The van der Waals surface area contributed by atoms with E-state index in [1.165, 1.54) is 11.3 Å². The number of nitrogens with one attached hydrogen (secondary N) is 2. The summed E-state index contributed by atoms with van der Waals surface area (Å²) >= 11 is 7.28. The van der Waals surface area contributed by atoms with E-state index in [9.17, 15) is 14.4 Å². The molecule has 3 aliphatic rings. The number of fused-ring (bicyclic) bond motifs is 3. The summed E-state index contributed by atoms with van der Waals surface area (Å²) < 4.78 is 5.78. The Kier molecular flexibility index (Phi) is 5.54. The van der Waals surface area contributed by atoms with Gasteiger partial charge in [-0.3, -0.25) is 14.4 Å². The molecular weight excluding hydrogens is 438 g/mol. The number of nitrogens with zero attached hydrogens (tertiary/aromatic N) is 1. The molecule has 2 aromatic rings. The highest BCUT2D eigenvalue weighted by atomic mass is 35.5. The molecule has 2 bridgehead atoms. The monoisotopic (exact) mass is 459 g/mol. The molecule has 0 spiro atoms. The molecule has 1 unspecified atom stereocenters. The first-order chi connectivity index (χ1) is 15.0. The van der Waals surface area contributed by atoms with Crippen LogP contribution in [0, 0.1) is 5.92 Å². The van der Waals surface area contributed by atoms with Crippen molar-refractivity contribution in [2.45, 2.75) is 56.8 Å². The standard InChI is InChI=1S/C22H22ClN3O4S/c23-12-3-1-11(2-4-12)19(27)21(29)24-13-5-7-16-18(9-13)31-22(25-16)26-20(28)15-10-14-6-8-17(15)30-14/h1-4,13-15,17H,5-10H2,(H,24,29)(H,25,26,28)/t13?,14-,15-,17-/m0/s1. The minimum atomic E-state index is -0.620. The maximum atomic E-state index is 12.6. The van der Waals surface area contributed by atoms with Gasteiger partial charge in [0.1, 0.15) is 0 Å². The summed E-state index contributed by atoms with van der Waals surface area (Å²) in [7, 11) is 0. The first-order valence-corrected chi connectivity index (χ1v) is 11.7. The number of aryl methyl sites for hydroxylation is 1. The van der Waals surface area contributed by atoms with Crippen LogP contribution in [0.25, 0.3) is 0 Å². The Labute approximate surface area is 188 Å². The van der Waals surface area contributed by atoms with E-state index in [0.29, 0.717) is 35.0 Å². The van der Waals surface area contributed by atoms with Gasteiger partial charge in [-0.15, -0.1) is 11.3 Å². The van der Waals surface area contributed by atoms with Crippen LogP contribution in [0.5, 0.6) is 0 Å². The van der Waals surface area contributed by atoms with Gasteiger partial charge in [0, 0.05) is 27.9 Å². The van der Waals surface area contributed by atoms with Gasteiger partial charge in [0.25, 0.3) is 5.91 Å². The topological polar surface area (TPSA) is 97.4 Å². The third kappa shape index (κ3) is 4.24. The first kappa shape index (κ1) is 20.6. The van der Waals surface area contributed by atoms with Gasteiger partial charge in [-0.25, -0.2) is 4.98 Å². The molecule has 31 heavy (non-hydrogen) atoms. The van der Waals surface area contributed by atoms with Crippen molar-refractivity contribution in [1.82, 2.24) is 10.3 Å². The van der Waals surface area contributed by atoms with Gasteiger partial charge in [-0.05, 0) is 56.4 Å². The SMILES string of the molecule is O=C(NC1CCc2nc(NC(=O)[C@H]3C[C@@H]4CC[C@@H]3O4)sc2C1)C(=O)c1ccc(Cl)cc1. The lowest BCUT2D eigenvalue weighted by Gasteiger charge is -2.21. The van der Waals surface area contributed by atoms with E-state index in [4.69, 9.17) is 16.3 Å². The highest BCUT2D eigenvalue weighted by molar-refractivity contribution is 7.15. The predicted octanol–water partition coefficient (Wildman–Crippen LogP) is 3.16. The quantitative estimate of drug-likeness (QED) is 0.528. The highest BCUT2D eigenvalue weighted by Gasteiger charge is 2.44. The minimum absolute atomic E-state index is 0.0169. The van der Waals surface area contributed by atoms with Gasteiger partial charge in [0.05, 0.1) is 23.8 Å². The summed E-state index contributed by atoms with van der Waals surface area (Å²) in [4.78, 5) is 43.0. The number of halogens is 1. The number of hydrogen-bond donors (Lipinski definition) is 2. The fraction of sp³-hybridized carbons (Fsp3) is 0.455. The number of Topliss-reactive ketones (excluding diaryl/α,β-unsaturated/α-hetero) is 1. The van der Waals surface area contributed by atoms with Crippen LogP contribution in [-0.2, 0) is 27.2 Å². The number of thiazole rings is 1. The van der Waals surface area contributed by atoms with E-state index in [0.717, 1.165) is 29.8 Å². The van der Waals surface area contributed by atoms with E-state index in [1.807, 2.05) is 0 Å². The second-order valence-corrected chi connectivity index (χ2v) is 9.86. The molecule has 162 valence electrons. The molecule has 2 saturated heterocycles. The van der Waals surface area contributed by atoms with Gasteiger partial charge in [-0.2, -0.15) is 0 Å². The maximum Gasteiger partial charge on any atom is 0.292 e. The first-order valence-electron chi connectivity index (χ1n) is 10.5. The van der Waals surface area contributed by atoms with Crippen LogP contribution in [0.1, 0.15) is 46.6 Å². The number of ketones is 1. The number of aromatic nitrogens is 1. The molecular formula is C22H22ClN3O4S. The van der Waals surface area contributed by atoms with Crippen LogP contribution in [0.4, 0.5) is 5.13 Å². The average Bonchev–Trinajstić information content (AvgIpc) is 3.48. The zero-order chi connectivity index (χ0) is 21.5. The van der Waals surface area contributed by atoms with E-state index in [2.05, 4.69) is 15.6 Å². The van der Waals surface area contributed by atoms with E-state index >= 15 is 0 Å². The maximum absolute atomic E-state index is 12.6. The number of ether oxygens (including phenoxy) is 1. The Morgan fingerprint density at radius 2 is 1.94 bits per heavy atom. The van der Waals surface area contributed by atoms with Crippen LogP contribution >= 0.6 is 22.9 Å². The fourth-order valence-electron chi connectivity index (χ4n) is 4.65. The Morgan fingerprint density at radius 1 is 1.13 bits per heavy atom. The number of rotatable bonds is 5. The van der Waals surface area contributed by atoms with Crippen LogP contribution < -0.4 is 10.6 Å². The summed E-state index contributed by atoms with van der Waals surface area (Å²) in [5, 5.41) is 6.91. The molecule has 1 aliphatic carbocycles. The molecule has 2 fully saturated rings. The third-order valence-electron chi connectivity index (χ3n) is 6.26. The van der Waals surface area contributed by atoms with Crippen LogP contribution in [-0.4, -0.2) is 40.8 Å². The molecule has 4 atom stereocenters. The molecule has 2 amide bonds. The predicted molar refractivity (Wildman–Crippen MR) is 116 cm³/mol. The lowest BCUT2D eigenvalue weighted by atomic mass is 9.89. The molecule has 1 aromatic carbocycles. The lowest BCUT2D eigenvalue weighted by Crippen LogP contribution is -2.42. The van der Waals surface area contributed by atoms with Crippen molar-refractivity contribution in [2.24, 2.45) is 5.92 Å². The number of carbonyl (C=O) groups is 3. The summed E-state index contributed by atoms with van der Waals surface area (Å²) in [5.74, 6) is -1.31. The molecule has 2 aliphatic heterocycles. The largest absolute Gasteiger partial charge is 0.374 e. The van der Waals surface area contributed by atoms with Gasteiger partial charge in [0.2, 0.25) is 11.7 Å². The van der Waals surface area contributed by atoms with E-state index in [1.54, 1.807) is 24.3 Å². The smallest absolute Gasteiger partial charge is 0.292 e. The lowest BCUT2D eigenvalue weighted by molar-refractivity contribution is -0.121. The Bertz CT molecular complexity index is 1040. The molecule has 2 N–H and O–H groups in total. The summed E-state index contributed by atoms with van der Waals surface area (Å²) in [6.45, 7) is 0. The van der Waals surface area contributed by atoms with Crippen molar-refractivity contribution >= 4 is 45.7 Å². The van der Waals surface area contributed by atoms with Crippen LogP contribution in [0.15, 0.2) is 24.3 Å². The fourth-order valence-corrected chi connectivity index (χ4v) is 5.86. The molecule has 0 saturated carbocycles. The number of anilines is 1. The summed E-state index contributed by atoms with van der Waals surface area (Å²) in [5.41, 5.74) is 1.27. The Balaban J connectivity index is 1.18. The number of carbonyl (C=O) groups excluding carboxylic acids is 3. The summed E-state index contributed by atoms with van der Waals surface area (Å²) in [6, 6.07) is 6.13. The zero-order valence-electron chi connectivity index (χ0n) is 16.7. The second kappa shape index (κ2) is 8.33. The van der Waals surface area contributed by atoms with Gasteiger partial charge in [0.15, 0.2) is 5.13 Å². The highest BCUT2D eigenvalue weighted by Crippen LogP contribution is 2.39. The minimum Gasteiger partial charge on any atom is -0.374 e. The van der Waals surface area contributed by atoms with Crippen molar-refractivity contribution in [1.29, 1.82) is 0 Å². The normalized spacial score (nSPS) is 26.4. The second-order valence-electron chi connectivity index (χ2n) is 8.34.